The normalized spacial score (nSPS) is 10.1. The van der Waals surface area contributed by atoms with Crippen LogP contribution in [0.4, 0.5) is 10.5 Å². The molecule has 0 fully saturated rings. The summed E-state index contributed by atoms with van der Waals surface area (Å²) in [7, 11) is 1.72. The summed E-state index contributed by atoms with van der Waals surface area (Å²) >= 11 is 4.86. The van der Waals surface area contributed by atoms with Crippen molar-refractivity contribution < 1.29 is 4.79 Å². The second kappa shape index (κ2) is 5.63. The molecule has 0 bridgehead atoms. The average molecular weight is 251 g/mol. The Balaban J connectivity index is 2.79. The third kappa shape index (κ3) is 3.71. The Labute approximate surface area is 107 Å². The first kappa shape index (κ1) is 13.4. The van der Waals surface area contributed by atoms with Gasteiger partial charge in [0.15, 0.2) is 0 Å². The van der Waals surface area contributed by atoms with E-state index < -0.39 is 0 Å². The zero-order valence-electron chi connectivity index (χ0n) is 10.2. The van der Waals surface area contributed by atoms with E-state index in [0.717, 1.165) is 11.3 Å². The fourth-order valence-electron chi connectivity index (χ4n) is 1.31. The van der Waals surface area contributed by atoms with Crippen LogP contribution in [-0.2, 0) is 0 Å². The van der Waals surface area contributed by atoms with Crippen molar-refractivity contribution in [2.45, 2.75) is 19.9 Å². The summed E-state index contributed by atoms with van der Waals surface area (Å²) in [5.41, 5.74) is 7.09. The number of rotatable bonds is 3. The fourth-order valence-corrected chi connectivity index (χ4v) is 1.45. The van der Waals surface area contributed by atoms with Gasteiger partial charge in [-0.2, -0.15) is 0 Å². The molecule has 0 atom stereocenters. The van der Waals surface area contributed by atoms with Gasteiger partial charge in [0.1, 0.15) is 4.99 Å². The van der Waals surface area contributed by atoms with Gasteiger partial charge in [-0.15, -0.1) is 0 Å². The second-order valence-corrected chi connectivity index (χ2v) is 4.51. The molecule has 0 radical (unpaired) electrons. The van der Waals surface area contributed by atoms with Crippen molar-refractivity contribution in [2.24, 2.45) is 5.73 Å². The maximum Gasteiger partial charge on any atom is 0.321 e. The molecule has 17 heavy (non-hydrogen) atoms. The Bertz CT molecular complexity index is 414. The zero-order valence-corrected chi connectivity index (χ0v) is 11.0. The molecule has 1 aromatic carbocycles. The minimum Gasteiger partial charge on any atom is -0.389 e. The number of amides is 2. The smallest absolute Gasteiger partial charge is 0.321 e. The van der Waals surface area contributed by atoms with Gasteiger partial charge in [0.05, 0.1) is 0 Å². The number of hydrogen-bond donors (Lipinski definition) is 2. The molecule has 0 aromatic heterocycles. The molecular formula is C12H17N3OS. The number of carbonyl (C=O) groups excluding carboxylic acids is 1. The van der Waals surface area contributed by atoms with E-state index >= 15 is 0 Å². The van der Waals surface area contributed by atoms with Crippen molar-refractivity contribution in [2.75, 3.05) is 11.9 Å². The van der Waals surface area contributed by atoms with Gasteiger partial charge in [-0.25, -0.2) is 4.79 Å². The van der Waals surface area contributed by atoms with Gasteiger partial charge < -0.3 is 11.1 Å². The van der Waals surface area contributed by atoms with Gasteiger partial charge in [-0.1, -0.05) is 12.2 Å². The number of anilines is 1. The zero-order chi connectivity index (χ0) is 13.0. The number of carbonyl (C=O) groups is 1. The lowest BCUT2D eigenvalue weighted by molar-refractivity contribution is 0.245. The number of nitrogens with one attached hydrogen (secondary N) is 1. The summed E-state index contributed by atoms with van der Waals surface area (Å²) in [6.07, 6.45) is 0. The molecule has 0 heterocycles. The van der Waals surface area contributed by atoms with Gasteiger partial charge in [-0.05, 0) is 38.1 Å². The Morgan fingerprint density at radius 3 is 2.29 bits per heavy atom. The Morgan fingerprint density at radius 2 is 1.88 bits per heavy atom. The molecule has 0 saturated heterocycles. The molecule has 1 aromatic rings. The fraction of sp³-hybridized carbons (Fsp3) is 0.333. The Morgan fingerprint density at radius 1 is 1.35 bits per heavy atom. The van der Waals surface area contributed by atoms with Gasteiger partial charge in [0.25, 0.3) is 0 Å². The largest absolute Gasteiger partial charge is 0.389 e. The lowest BCUT2D eigenvalue weighted by atomic mass is 10.2. The van der Waals surface area contributed by atoms with Crippen molar-refractivity contribution >= 4 is 28.9 Å². The maximum absolute atomic E-state index is 11.7. The van der Waals surface area contributed by atoms with Gasteiger partial charge in [-0.3, -0.25) is 4.90 Å². The predicted molar refractivity (Wildman–Crippen MR) is 74.4 cm³/mol. The standard InChI is InChI=1S/C12H17N3OS/c1-8(2)14-12(16)15(3)10-6-4-9(5-7-10)11(13)17/h4-8H,1-3H3,(H2,13,17)(H,14,16). The van der Waals surface area contributed by atoms with E-state index in [1.165, 1.54) is 0 Å². The van der Waals surface area contributed by atoms with E-state index in [-0.39, 0.29) is 12.1 Å². The van der Waals surface area contributed by atoms with Gasteiger partial charge >= 0.3 is 6.03 Å². The number of thiocarbonyl (C=S) groups is 1. The monoisotopic (exact) mass is 251 g/mol. The number of nitrogens with zero attached hydrogens (tertiary/aromatic N) is 1. The first-order chi connectivity index (χ1) is 7.91. The van der Waals surface area contributed by atoms with Crippen LogP contribution in [0, 0.1) is 0 Å². The molecule has 5 heteroatoms. The summed E-state index contributed by atoms with van der Waals surface area (Å²) in [6.45, 7) is 3.84. The van der Waals surface area contributed by atoms with Crippen molar-refractivity contribution in [3.63, 3.8) is 0 Å². The van der Waals surface area contributed by atoms with Crippen LogP contribution >= 0.6 is 12.2 Å². The van der Waals surface area contributed by atoms with E-state index in [4.69, 9.17) is 18.0 Å². The maximum atomic E-state index is 11.7. The van der Waals surface area contributed by atoms with E-state index in [1.807, 2.05) is 26.0 Å². The second-order valence-electron chi connectivity index (χ2n) is 4.07. The summed E-state index contributed by atoms with van der Waals surface area (Å²) < 4.78 is 0. The van der Waals surface area contributed by atoms with Crippen molar-refractivity contribution in [3.8, 4) is 0 Å². The highest BCUT2D eigenvalue weighted by Gasteiger charge is 2.11. The molecule has 3 N–H and O–H groups in total. The molecule has 0 aliphatic heterocycles. The van der Waals surface area contributed by atoms with Crippen LogP contribution in [0.3, 0.4) is 0 Å². The third-order valence-corrected chi connectivity index (χ3v) is 2.49. The molecule has 4 nitrogen and oxygen atoms in total. The van der Waals surface area contributed by atoms with Crippen LogP contribution in [-0.4, -0.2) is 24.1 Å². The summed E-state index contributed by atoms with van der Waals surface area (Å²) in [5, 5.41) is 2.81. The highest BCUT2D eigenvalue weighted by molar-refractivity contribution is 7.80. The molecule has 92 valence electrons. The SMILES string of the molecule is CC(C)NC(=O)N(C)c1ccc(C(N)=S)cc1. The number of benzene rings is 1. The highest BCUT2D eigenvalue weighted by atomic mass is 32.1. The quantitative estimate of drug-likeness (QED) is 0.806. The molecule has 0 aliphatic rings. The molecular weight excluding hydrogens is 234 g/mol. The lowest BCUT2D eigenvalue weighted by Gasteiger charge is -2.19. The number of nitrogens with two attached hydrogens (primary N) is 1. The van der Waals surface area contributed by atoms with Crippen LogP contribution in [0.15, 0.2) is 24.3 Å². The Hall–Kier alpha value is -1.62. The van der Waals surface area contributed by atoms with Crippen molar-refractivity contribution in [1.29, 1.82) is 0 Å². The van der Waals surface area contributed by atoms with E-state index in [2.05, 4.69) is 5.32 Å². The lowest BCUT2D eigenvalue weighted by Crippen LogP contribution is -2.40. The number of hydrogen-bond acceptors (Lipinski definition) is 2. The van der Waals surface area contributed by atoms with Crippen LogP contribution < -0.4 is 16.0 Å². The topological polar surface area (TPSA) is 58.4 Å². The summed E-state index contributed by atoms with van der Waals surface area (Å²) in [6, 6.07) is 7.21. The average Bonchev–Trinajstić information content (AvgIpc) is 2.27. The van der Waals surface area contributed by atoms with E-state index in [1.54, 1.807) is 24.1 Å². The van der Waals surface area contributed by atoms with Gasteiger partial charge in [0.2, 0.25) is 0 Å². The van der Waals surface area contributed by atoms with Crippen molar-refractivity contribution in [1.82, 2.24) is 5.32 Å². The molecule has 0 unspecified atom stereocenters. The molecule has 1 rings (SSSR count). The first-order valence-electron chi connectivity index (χ1n) is 5.36. The van der Waals surface area contributed by atoms with Crippen LogP contribution in [0.25, 0.3) is 0 Å². The Kier molecular flexibility index (Phi) is 4.45. The van der Waals surface area contributed by atoms with E-state index in [9.17, 15) is 4.79 Å². The number of urea groups is 1. The minimum atomic E-state index is -0.136. The summed E-state index contributed by atoms with van der Waals surface area (Å²) in [5.74, 6) is 0. The van der Waals surface area contributed by atoms with Crippen LogP contribution in [0.2, 0.25) is 0 Å². The van der Waals surface area contributed by atoms with Crippen LogP contribution in [0.5, 0.6) is 0 Å². The summed E-state index contributed by atoms with van der Waals surface area (Å²) in [4.78, 5) is 13.6. The van der Waals surface area contributed by atoms with Crippen LogP contribution in [0.1, 0.15) is 19.4 Å². The molecule has 0 spiro atoms. The van der Waals surface area contributed by atoms with Crippen molar-refractivity contribution in [3.05, 3.63) is 29.8 Å². The molecule has 0 saturated carbocycles. The predicted octanol–water partition coefficient (Wildman–Crippen LogP) is 1.88. The molecule has 0 aliphatic carbocycles. The molecule has 2 amide bonds. The third-order valence-electron chi connectivity index (χ3n) is 2.26. The van der Waals surface area contributed by atoms with Gasteiger partial charge in [0, 0.05) is 24.3 Å². The van der Waals surface area contributed by atoms with E-state index in [0.29, 0.717) is 4.99 Å². The minimum absolute atomic E-state index is 0.112. The first-order valence-corrected chi connectivity index (χ1v) is 5.76. The highest BCUT2D eigenvalue weighted by Crippen LogP contribution is 2.14.